The zero-order valence-corrected chi connectivity index (χ0v) is 15.5. The molecule has 1 aromatic rings. The molecular weight excluding hydrogens is 430 g/mol. The van der Waals surface area contributed by atoms with Crippen molar-refractivity contribution in [3.8, 4) is 0 Å². The highest BCUT2D eigenvalue weighted by Crippen LogP contribution is 2.22. The van der Waals surface area contributed by atoms with Gasteiger partial charge in [0.1, 0.15) is 0 Å². The molecule has 0 bridgehead atoms. The minimum Gasteiger partial charge on any atom is -0.357 e. The zero-order chi connectivity index (χ0) is 15.9. The Kier molecular flexibility index (Phi) is 9.82. The first kappa shape index (κ1) is 21.3. The highest BCUT2D eigenvalue weighted by Gasteiger charge is 2.26. The van der Waals surface area contributed by atoms with E-state index in [9.17, 15) is 13.2 Å². The lowest BCUT2D eigenvalue weighted by molar-refractivity contribution is -0.132. The van der Waals surface area contributed by atoms with E-state index in [1.54, 1.807) is 6.07 Å². The number of alkyl halides is 3. The molecule has 0 saturated carbocycles. The van der Waals surface area contributed by atoms with Crippen molar-refractivity contribution in [1.82, 2.24) is 10.6 Å². The molecule has 1 atom stereocenters. The van der Waals surface area contributed by atoms with Gasteiger partial charge in [-0.1, -0.05) is 29.8 Å². The Morgan fingerprint density at radius 1 is 1.32 bits per heavy atom. The van der Waals surface area contributed by atoms with Gasteiger partial charge in [-0.2, -0.15) is 13.2 Å². The largest absolute Gasteiger partial charge is 0.390 e. The number of aliphatic imine (C=N–C) groups is 1. The molecule has 0 aliphatic heterocycles. The van der Waals surface area contributed by atoms with Gasteiger partial charge in [0.05, 0.1) is 19.0 Å². The SMILES string of the molecule is CCNC(=NCCC(F)(F)F)NC(C)c1ccccc1Cl.I. The number of hydrogen-bond acceptors (Lipinski definition) is 1. The van der Waals surface area contributed by atoms with Crippen molar-refractivity contribution in [1.29, 1.82) is 0 Å². The molecule has 2 N–H and O–H groups in total. The average molecular weight is 450 g/mol. The summed E-state index contributed by atoms with van der Waals surface area (Å²) in [6.07, 6.45) is -5.14. The number of guanidine groups is 1. The Morgan fingerprint density at radius 2 is 1.95 bits per heavy atom. The van der Waals surface area contributed by atoms with Gasteiger partial charge in [0.15, 0.2) is 5.96 Å². The third-order valence-electron chi connectivity index (χ3n) is 2.73. The van der Waals surface area contributed by atoms with Crippen LogP contribution in [0.25, 0.3) is 0 Å². The van der Waals surface area contributed by atoms with Crippen molar-refractivity contribution >= 4 is 41.5 Å². The van der Waals surface area contributed by atoms with Crippen molar-refractivity contribution in [2.45, 2.75) is 32.5 Å². The molecule has 0 radical (unpaired) electrons. The fourth-order valence-electron chi connectivity index (χ4n) is 1.72. The van der Waals surface area contributed by atoms with Crippen molar-refractivity contribution in [3.05, 3.63) is 34.9 Å². The second kappa shape index (κ2) is 10.1. The predicted molar refractivity (Wildman–Crippen MR) is 95.1 cm³/mol. The number of rotatable bonds is 5. The normalized spacial score (nSPS) is 13.3. The van der Waals surface area contributed by atoms with Gasteiger partial charge in [0.2, 0.25) is 0 Å². The van der Waals surface area contributed by atoms with Crippen LogP contribution in [-0.2, 0) is 0 Å². The van der Waals surface area contributed by atoms with Gasteiger partial charge in [0.25, 0.3) is 0 Å². The summed E-state index contributed by atoms with van der Waals surface area (Å²) in [5, 5.41) is 6.57. The van der Waals surface area contributed by atoms with E-state index < -0.39 is 12.6 Å². The minimum atomic E-state index is -4.20. The van der Waals surface area contributed by atoms with Crippen LogP contribution in [0.5, 0.6) is 0 Å². The van der Waals surface area contributed by atoms with Crippen LogP contribution in [0.4, 0.5) is 13.2 Å². The first-order chi connectivity index (χ1) is 9.83. The summed E-state index contributed by atoms with van der Waals surface area (Å²) in [6.45, 7) is 3.97. The van der Waals surface area contributed by atoms with Crippen molar-refractivity contribution in [2.24, 2.45) is 4.99 Å². The minimum absolute atomic E-state index is 0. The fourth-order valence-corrected chi connectivity index (χ4v) is 2.02. The molecule has 0 aliphatic rings. The van der Waals surface area contributed by atoms with Crippen LogP contribution < -0.4 is 10.6 Å². The molecule has 0 amide bonds. The molecule has 0 heterocycles. The number of halogens is 5. The number of benzene rings is 1. The zero-order valence-electron chi connectivity index (χ0n) is 12.4. The van der Waals surface area contributed by atoms with Gasteiger partial charge < -0.3 is 10.6 Å². The van der Waals surface area contributed by atoms with E-state index in [0.29, 0.717) is 17.5 Å². The maximum atomic E-state index is 12.1. The number of nitrogens with zero attached hydrogens (tertiary/aromatic N) is 1. The van der Waals surface area contributed by atoms with Crippen LogP contribution in [0.3, 0.4) is 0 Å². The van der Waals surface area contributed by atoms with Gasteiger partial charge in [-0.05, 0) is 25.5 Å². The van der Waals surface area contributed by atoms with Gasteiger partial charge in [0, 0.05) is 11.6 Å². The molecule has 0 spiro atoms. The van der Waals surface area contributed by atoms with Gasteiger partial charge in [-0.3, -0.25) is 4.99 Å². The summed E-state index contributed by atoms with van der Waals surface area (Å²) in [7, 11) is 0. The van der Waals surface area contributed by atoms with Crippen LogP contribution >= 0.6 is 35.6 Å². The Hall–Kier alpha value is -0.700. The maximum absolute atomic E-state index is 12.1. The van der Waals surface area contributed by atoms with E-state index in [0.717, 1.165) is 5.56 Å². The first-order valence-electron chi connectivity index (χ1n) is 6.69. The Labute approximate surface area is 150 Å². The first-order valence-corrected chi connectivity index (χ1v) is 7.07. The lowest BCUT2D eigenvalue weighted by atomic mass is 10.1. The van der Waals surface area contributed by atoms with Crippen molar-refractivity contribution in [3.63, 3.8) is 0 Å². The average Bonchev–Trinajstić information content (AvgIpc) is 2.37. The molecule has 1 rings (SSSR count). The van der Waals surface area contributed by atoms with E-state index in [2.05, 4.69) is 15.6 Å². The van der Waals surface area contributed by atoms with E-state index in [-0.39, 0.29) is 36.6 Å². The highest BCUT2D eigenvalue weighted by molar-refractivity contribution is 14.0. The highest BCUT2D eigenvalue weighted by atomic mass is 127. The van der Waals surface area contributed by atoms with Gasteiger partial charge in [-0.15, -0.1) is 24.0 Å². The van der Waals surface area contributed by atoms with E-state index in [1.807, 2.05) is 32.0 Å². The van der Waals surface area contributed by atoms with Crippen LogP contribution in [0.2, 0.25) is 5.02 Å². The topological polar surface area (TPSA) is 36.4 Å². The number of hydrogen-bond donors (Lipinski definition) is 2. The predicted octanol–water partition coefficient (Wildman–Crippen LogP) is 4.53. The second-order valence-electron chi connectivity index (χ2n) is 4.51. The molecule has 0 aromatic heterocycles. The molecule has 8 heteroatoms. The molecule has 126 valence electrons. The van der Waals surface area contributed by atoms with E-state index in [4.69, 9.17) is 11.6 Å². The summed E-state index contributed by atoms with van der Waals surface area (Å²) in [6, 6.07) is 7.14. The lowest BCUT2D eigenvalue weighted by Crippen LogP contribution is -2.39. The molecule has 1 unspecified atom stereocenters. The third-order valence-corrected chi connectivity index (χ3v) is 3.08. The third kappa shape index (κ3) is 8.07. The summed E-state index contributed by atoms with van der Waals surface area (Å²) >= 11 is 6.09. The summed E-state index contributed by atoms with van der Waals surface area (Å²) in [4.78, 5) is 3.93. The molecule has 0 fully saturated rings. The molecule has 1 aromatic carbocycles. The monoisotopic (exact) mass is 449 g/mol. The van der Waals surface area contributed by atoms with Crippen LogP contribution in [0, 0.1) is 0 Å². The van der Waals surface area contributed by atoms with E-state index >= 15 is 0 Å². The molecule has 3 nitrogen and oxygen atoms in total. The van der Waals surface area contributed by atoms with Crippen molar-refractivity contribution in [2.75, 3.05) is 13.1 Å². The second-order valence-corrected chi connectivity index (χ2v) is 4.92. The van der Waals surface area contributed by atoms with Crippen LogP contribution in [0.15, 0.2) is 29.3 Å². The molecule has 0 saturated heterocycles. The molecular formula is C14H20ClF3IN3. The Bertz CT molecular complexity index is 481. The fraction of sp³-hybridized carbons (Fsp3) is 0.500. The lowest BCUT2D eigenvalue weighted by Gasteiger charge is -2.19. The van der Waals surface area contributed by atoms with Gasteiger partial charge in [-0.25, -0.2) is 0 Å². The van der Waals surface area contributed by atoms with Crippen LogP contribution in [-0.4, -0.2) is 25.2 Å². The summed E-state index contributed by atoms with van der Waals surface area (Å²) < 4.78 is 36.4. The standard InChI is InChI=1S/C14H19ClF3N3.HI/c1-3-19-13(20-9-8-14(16,17)18)21-10(2)11-6-4-5-7-12(11)15;/h4-7,10H,3,8-9H2,1-2H3,(H2,19,20,21);1H. The van der Waals surface area contributed by atoms with Crippen molar-refractivity contribution < 1.29 is 13.2 Å². The Balaban J connectivity index is 0.00000441. The molecule has 0 aliphatic carbocycles. The van der Waals surface area contributed by atoms with E-state index in [1.165, 1.54) is 0 Å². The summed E-state index contributed by atoms with van der Waals surface area (Å²) in [5.74, 6) is 0.342. The maximum Gasteiger partial charge on any atom is 0.390 e. The Morgan fingerprint density at radius 3 is 2.50 bits per heavy atom. The summed E-state index contributed by atoms with van der Waals surface area (Å²) in [5.41, 5.74) is 0.862. The molecule has 22 heavy (non-hydrogen) atoms. The number of nitrogens with one attached hydrogen (secondary N) is 2. The van der Waals surface area contributed by atoms with Gasteiger partial charge >= 0.3 is 6.18 Å². The smallest absolute Gasteiger partial charge is 0.357 e. The quantitative estimate of drug-likeness (QED) is 0.394. The van der Waals surface area contributed by atoms with Crippen LogP contribution in [0.1, 0.15) is 31.9 Å².